The molecule has 2 aromatic carbocycles. The summed E-state index contributed by atoms with van der Waals surface area (Å²) in [6.45, 7) is 0.379. The summed E-state index contributed by atoms with van der Waals surface area (Å²) in [6.07, 6.45) is 0. The van der Waals surface area contributed by atoms with Crippen LogP contribution in [0.2, 0.25) is 5.02 Å². The molecule has 0 unspecified atom stereocenters. The second-order valence-electron chi connectivity index (χ2n) is 4.70. The number of carbonyl (C=O) groups is 2. The molecule has 2 rings (SSSR count). The first-order chi connectivity index (χ1) is 11.0. The molecule has 0 aliphatic heterocycles. The van der Waals surface area contributed by atoms with Gasteiger partial charge in [0.05, 0.1) is 12.2 Å². The van der Waals surface area contributed by atoms with Gasteiger partial charge in [-0.1, -0.05) is 23.7 Å². The van der Waals surface area contributed by atoms with E-state index in [1.807, 2.05) is 6.07 Å². The maximum atomic E-state index is 12.0. The van der Waals surface area contributed by atoms with Crippen LogP contribution < -0.4 is 10.9 Å². The largest absolute Gasteiger partial charge is 0.507 e. The smallest absolute Gasteiger partial charge is 0.273 e. The van der Waals surface area contributed by atoms with Crippen LogP contribution in [0.4, 0.5) is 0 Å². The van der Waals surface area contributed by atoms with Crippen molar-refractivity contribution in [3.63, 3.8) is 0 Å². The van der Waals surface area contributed by atoms with Crippen LogP contribution in [0.25, 0.3) is 0 Å². The van der Waals surface area contributed by atoms with Crippen LogP contribution in [-0.4, -0.2) is 24.0 Å². The normalized spacial score (nSPS) is 10.2. The topological polar surface area (TPSA) is 87.7 Å². The van der Waals surface area contributed by atoms with Gasteiger partial charge in [0.15, 0.2) is 0 Å². The van der Waals surface area contributed by atoms with Crippen molar-refractivity contribution in [1.29, 1.82) is 0 Å². The summed E-state index contributed by atoms with van der Waals surface area (Å²) in [7, 11) is 1.56. The van der Waals surface area contributed by atoms with Gasteiger partial charge in [0, 0.05) is 17.7 Å². The Balaban J connectivity index is 2.02. The second kappa shape index (κ2) is 7.62. The van der Waals surface area contributed by atoms with Crippen molar-refractivity contribution >= 4 is 23.4 Å². The van der Waals surface area contributed by atoms with Crippen molar-refractivity contribution in [3.05, 3.63) is 64.2 Å². The molecule has 0 aliphatic rings. The molecule has 0 saturated heterocycles. The molecule has 0 atom stereocenters. The zero-order valence-corrected chi connectivity index (χ0v) is 13.1. The van der Waals surface area contributed by atoms with E-state index >= 15 is 0 Å². The van der Waals surface area contributed by atoms with E-state index < -0.39 is 11.8 Å². The highest BCUT2D eigenvalue weighted by atomic mass is 35.5. The van der Waals surface area contributed by atoms with Gasteiger partial charge in [-0.15, -0.1) is 0 Å². The lowest BCUT2D eigenvalue weighted by Crippen LogP contribution is -2.41. The number of amides is 2. The lowest BCUT2D eigenvalue weighted by Gasteiger charge is -2.09. The highest BCUT2D eigenvalue weighted by Crippen LogP contribution is 2.21. The van der Waals surface area contributed by atoms with E-state index in [0.717, 1.165) is 5.56 Å². The molecule has 3 N–H and O–H groups in total. The summed E-state index contributed by atoms with van der Waals surface area (Å²) < 4.78 is 5.00. The third-order valence-corrected chi connectivity index (χ3v) is 3.23. The number of carbonyl (C=O) groups excluding carboxylic acids is 2. The molecule has 7 heteroatoms. The molecule has 2 amide bonds. The molecular weight excluding hydrogens is 320 g/mol. The number of halogens is 1. The Morgan fingerprint density at radius 3 is 2.61 bits per heavy atom. The summed E-state index contributed by atoms with van der Waals surface area (Å²) in [5, 5.41) is 9.93. The first kappa shape index (κ1) is 16.8. The number of hydrogen-bond donors (Lipinski definition) is 3. The summed E-state index contributed by atoms with van der Waals surface area (Å²) in [5.41, 5.74) is 5.67. The summed E-state index contributed by atoms with van der Waals surface area (Å²) in [5.74, 6) is -1.40. The van der Waals surface area contributed by atoms with Crippen molar-refractivity contribution in [2.45, 2.75) is 6.61 Å². The summed E-state index contributed by atoms with van der Waals surface area (Å²) >= 11 is 5.78. The number of rotatable bonds is 4. The number of benzene rings is 2. The van der Waals surface area contributed by atoms with Crippen molar-refractivity contribution < 1.29 is 19.4 Å². The lowest BCUT2D eigenvalue weighted by atomic mass is 10.1. The van der Waals surface area contributed by atoms with E-state index in [2.05, 4.69) is 10.9 Å². The maximum absolute atomic E-state index is 12.0. The minimum atomic E-state index is -0.675. The van der Waals surface area contributed by atoms with E-state index in [0.29, 0.717) is 17.2 Å². The van der Waals surface area contributed by atoms with E-state index in [-0.39, 0.29) is 11.3 Å². The number of phenols is 1. The fourth-order valence-corrected chi connectivity index (χ4v) is 2.08. The molecule has 6 nitrogen and oxygen atoms in total. The fraction of sp³-hybridized carbons (Fsp3) is 0.125. The fourth-order valence-electron chi connectivity index (χ4n) is 1.91. The molecule has 0 spiro atoms. The van der Waals surface area contributed by atoms with Gasteiger partial charge in [-0.2, -0.15) is 0 Å². The van der Waals surface area contributed by atoms with Gasteiger partial charge in [-0.3, -0.25) is 20.4 Å². The lowest BCUT2D eigenvalue weighted by molar-refractivity contribution is 0.0845. The number of hydrogen-bond acceptors (Lipinski definition) is 4. The number of methoxy groups -OCH3 is 1. The Morgan fingerprint density at radius 2 is 1.87 bits per heavy atom. The van der Waals surface area contributed by atoms with Gasteiger partial charge < -0.3 is 9.84 Å². The molecule has 0 radical (unpaired) electrons. The Hall–Kier alpha value is -2.57. The molecule has 0 saturated carbocycles. The van der Waals surface area contributed by atoms with Crippen LogP contribution in [0.1, 0.15) is 26.3 Å². The van der Waals surface area contributed by atoms with Crippen LogP contribution in [0.5, 0.6) is 5.75 Å². The van der Waals surface area contributed by atoms with Crippen LogP contribution in [-0.2, 0) is 11.3 Å². The average molecular weight is 335 g/mol. The van der Waals surface area contributed by atoms with Gasteiger partial charge in [-0.25, -0.2) is 0 Å². The number of hydrazine groups is 1. The van der Waals surface area contributed by atoms with Crippen molar-refractivity contribution in [2.75, 3.05) is 7.11 Å². The van der Waals surface area contributed by atoms with Gasteiger partial charge in [-0.05, 0) is 35.9 Å². The van der Waals surface area contributed by atoms with Crippen LogP contribution >= 0.6 is 11.6 Å². The highest BCUT2D eigenvalue weighted by Gasteiger charge is 2.13. The Bertz CT molecular complexity index is 734. The van der Waals surface area contributed by atoms with Gasteiger partial charge in [0.25, 0.3) is 11.8 Å². The van der Waals surface area contributed by atoms with E-state index in [9.17, 15) is 14.7 Å². The number of aromatic hydroxyl groups is 1. The first-order valence-corrected chi connectivity index (χ1v) is 7.06. The third-order valence-electron chi connectivity index (χ3n) is 2.99. The average Bonchev–Trinajstić information content (AvgIpc) is 2.55. The van der Waals surface area contributed by atoms with E-state index in [1.165, 1.54) is 18.2 Å². The standard InChI is InChI=1S/C16H15ClN2O4/c1-23-9-10-3-2-4-11(7-10)15(21)18-19-16(22)13-8-12(17)5-6-14(13)20/h2-8,20H,9H2,1H3,(H,18,21)(H,19,22). The summed E-state index contributed by atoms with van der Waals surface area (Å²) in [6, 6.07) is 10.9. The molecule has 0 fully saturated rings. The van der Waals surface area contributed by atoms with Crippen LogP contribution in [0.3, 0.4) is 0 Å². The molecule has 0 aliphatic carbocycles. The Labute approximate surface area is 138 Å². The van der Waals surface area contributed by atoms with E-state index in [4.69, 9.17) is 16.3 Å². The van der Waals surface area contributed by atoms with Crippen LogP contribution in [0.15, 0.2) is 42.5 Å². The monoisotopic (exact) mass is 334 g/mol. The molecule has 0 heterocycles. The summed E-state index contributed by atoms with van der Waals surface area (Å²) in [4.78, 5) is 24.0. The number of ether oxygens (including phenoxy) is 1. The van der Waals surface area contributed by atoms with Gasteiger partial charge in [0.1, 0.15) is 5.75 Å². The predicted molar refractivity (Wildman–Crippen MR) is 85.2 cm³/mol. The number of nitrogens with one attached hydrogen (secondary N) is 2. The zero-order chi connectivity index (χ0) is 16.8. The molecule has 23 heavy (non-hydrogen) atoms. The highest BCUT2D eigenvalue weighted by molar-refractivity contribution is 6.31. The van der Waals surface area contributed by atoms with Crippen molar-refractivity contribution in [1.82, 2.24) is 10.9 Å². The maximum Gasteiger partial charge on any atom is 0.273 e. The molecule has 0 aromatic heterocycles. The molecule has 0 bridgehead atoms. The Kier molecular flexibility index (Phi) is 5.56. The SMILES string of the molecule is COCc1cccc(C(=O)NNC(=O)c2cc(Cl)ccc2O)c1. The minimum absolute atomic E-state index is 0.0362. The van der Waals surface area contributed by atoms with Crippen molar-refractivity contribution in [2.24, 2.45) is 0 Å². The molecule has 120 valence electrons. The Morgan fingerprint density at radius 1 is 1.13 bits per heavy atom. The minimum Gasteiger partial charge on any atom is -0.507 e. The molecule has 2 aromatic rings. The zero-order valence-electron chi connectivity index (χ0n) is 12.3. The van der Waals surface area contributed by atoms with Gasteiger partial charge in [0.2, 0.25) is 0 Å². The second-order valence-corrected chi connectivity index (χ2v) is 5.14. The van der Waals surface area contributed by atoms with Crippen molar-refractivity contribution in [3.8, 4) is 5.75 Å². The van der Waals surface area contributed by atoms with Gasteiger partial charge >= 0.3 is 0 Å². The molecular formula is C16H15ClN2O4. The third kappa shape index (κ3) is 4.45. The quantitative estimate of drug-likeness (QED) is 0.748. The predicted octanol–water partition coefficient (Wildman–Crippen LogP) is 2.27. The van der Waals surface area contributed by atoms with E-state index in [1.54, 1.807) is 25.3 Å². The number of phenolic OH excluding ortho intramolecular Hbond substituents is 1. The first-order valence-electron chi connectivity index (χ1n) is 6.68. The van der Waals surface area contributed by atoms with Crippen LogP contribution in [0, 0.1) is 0 Å².